The SMILES string of the molecule is CCC(C)CC(C)Cc1ccc(N)cc1. The summed E-state index contributed by atoms with van der Waals surface area (Å²) in [4.78, 5) is 0. The molecular weight excluding hydrogens is 182 g/mol. The van der Waals surface area contributed by atoms with Crippen molar-refractivity contribution in [3.63, 3.8) is 0 Å². The lowest BCUT2D eigenvalue weighted by Gasteiger charge is -2.15. The summed E-state index contributed by atoms with van der Waals surface area (Å²) in [7, 11) is 0. The molecule has 0 amide bonds. The third kappa shape index (κ3) is 4.37. The summed E-state index contributed by atoms with van der Waals surface area (Å²) in [6.45, 7) is 6.93. The Hall–Kier alpha value is -0.980. The monoisotopic (exact) mass is 205 g/mol. The van der Waals surface area contributed by atoms with Gasteiger partial charge < -0.3 is 5.73 Å². The fourth-order valence-corrected chi connectivity index (χ4v) is 1.99. The molecule has 0 aliphatic carbocycles. The molecule has 1 heteroatoms. The number of hydrogen-bond donors (Lipinski definition) is 1. The van der Waals surface area contributed by atoms with E-state index in [2.05, 4.69) is 32.9 Å². The van der Waals surface area contributed by atoms with Crippen molar-refractivity contribution in [2.24, 2.45) is 11.8 Å². The predicted molar refractivity (Wildman–Crippen MR) is 67.8 cm³/mol. The maximum atomic E-state index is 5.66. The molecule has 0 aliphatic rings. The van der Waals surface area contributed by atoms with E-state index in [4.69, 9.17) is 5.73 Å². The Morgan fingerprint density at radius 3 is 2.20 bits per heavy atom. The third-order valence-electron chi connectivity index (χ3n) is 3.07. The minimum Gasteiger partial charge on any atom is -0.399 e. The number of benzene rings is 1. The molecule has 1 rings (SSSR count). The fourth-order valence-electron chi connectivity index (χ4n) is 1.99. The van der Waals surface area contributed by atoms with Gasteiger partial charge in [-0.25, -0.2) is 0 Å². The molecular formula is C14H23N. The highest BCUT2D eigenvalue weighted by atomic mass is 14.5. The molecule has 84 valence electrons. The first-order valence-corrected chi connectivity index (χ1v) is 5.96. The number of hydrogen-bond acceptors (Lipinski definition) is 1. The smallest absolute Gasteiger partial charge is 0.0314 e. The van der Waals surface area contributed by atoms with Crippen LogP contribution in [0.25, 0.3) is 0 Å². The average molecular weight is 205 g/mol. The molecule has 0 radical (unpaired) electrons. The summed E-state index contributed by atoms with van der Waals surface area (Å²) in [5.41, 5.74) is 7.92. The summed E-state index contributed by atoms with van der Waals surface area (Å²) in [6.07, 6.45) is 3.78. The zero-order valence-corrected chi connectivity index (χ0v) is 10.2. The van der Waals surface area contributed by atoms with Gasteiger partial charge in [-0.15, -0.1) is 0 Å². The number of anilines is 1. The summed E-state index contributed by atoms with van der Waals surface area (Å²) in [6, 6.07) is 8.27. The van der Waals surface area contributed by atoms with Crippen molar-refractivity contribution in [2.45, 2.75) is 40.0 Å². The van der Waals surface area contributed by atoms with Gasteiger partial charge in [-0.1, -0.05) is 39.3 Å². The Morgan fingerprint density at radius 2 is 1.67 bits per heavy atom. The minimum atomic E-state index is 0.767. The van der Waals surface area contributed by atoms with Crippen molar-refractivity contribution in [3.8, 4) is 0 Å². The van der Waals surface area contributed by atoms with Gasteiger partial charge in [0, 0.05) is 5.69 Å². The van der Waals surface area contributed by atoms with Crippen LogP contribution in [0.1, 0.15) is 39.2 Å². The Morgan fingerprint density at radius 1 is 1.07 bits per heavy atom. The van der Waals surface area contributed by atoms with Gasteiger partial charge in [0.05, 0.1) is 0 Å². The van der Waals surface area contributed by atoms with E-state index in [1.165, 1.54) is 24.8 Å². The quantitative estimate of drug-likeness (QED) is 0.725. The van der Waals surface area contributed by atoms with Crippen molar-refractivity contribution < 1.29 is 0 Å². The van der Waals surface area contributed by atoms with Crippen LogP contribution in [-0.4, -0.2) is 0 Å². The molecule has 2 unspecified atom stereocenters. The molecule has 1 nitrogen and oxygen atoms in total. The molecule has 0 bridgehead atoms. The van der Waals surface area contributed by atoms with Gasteiger partial charge in [-0.05, 0) is 42.4 Å². The normalized spacial score (nSPS) is 14.9. The van der Waals surface area contributed by atoms with Gasteiger partial charge in [0.15, 0.2) is 0 Å². The second kappa shape index (κ2) is 5.79. The van der Waals surface area contributed by atoms with Crippen LogP contribution in [0.2, 0.25) is 0 Å². The van der Waals surface area contributed by atoms with Gasteiger partial charge >= 0.3 is 0 Å². The van der Waals surface area contributed by atoms with Crippen LogP contribution >= 0.6 is 0 Å². The number of rotatable bonds is 5. The summed E-state index contributed by atoms with van der Waals surface area (Å²) in [5, 5.41) is 0. The standard InChI is InChI=1S/C14H23N/c1-4-11(2)9-12(3)10-13-5-7-14(15)8-6-13/h5-8,11-12H,4,9-10,15H2,1-3H3. The first-order chi connectivity index (χ1) is 7.11. The van der Waals surface area contributed by atoms with Crippen LogP contribution in [0, 0.1) is 11.8 Å². The van der Waals surface area contributed by atoms with Crippen LogP contribution in [0.4, 0.5) is 5.69 Å². The van der Waals surface area contributed by atoms with E-state index in [-0.39, 0.29) is 0 Å². The summed E-state index contributed by atoms with van der Waals surface area (Å²) < 4.78 is 0. The van der Waals surface area contributed by atoms with Crippen LogP contribution in [0.5, 0.6) is 0 Å². The first kappa shape index (κ1) is 12.1. The van der Waals surface area contributed by atoms with E-state index in [0.29, 0.717) is 0 Å². The molecule has 0 saturated carbocycles. The highest BCUT2D eigenvalue weighted by molar-refractivity contribution is 5.39. The van der Waals surface area contributed by atoms with E-state index in [0.717, 1.165) is 17.5 Å². The van der Waals surface area contributed by atoms with E-state index >= 15 is 0 Å². The highest BCUT2D eigenvalue weighted by Gasteiger charge is 2.07. The molecule has 1 aromatic carbocycles. The summed E-state index contributed by atoms with van der Waals surface area (Å²) >= 11 is 0. The van der Waals surface area contributed by atoms with E-state index in [1.54, 1.807) is 0 Å². The zero-order chi connectivity index (χ0) is 11.3. The van der Waals surface area contributed by atoms with Gasteiger partial charge in [0.1, 0.15) is 0 Å². The van der Waals surface area contributed by atoms with Crippen LogP contribution < -0.4 is 5.73 Å². The Balaban J connectivity index is 2.44. The van der Waals surface area contributed by atoms with Crippen LogP contribution in [0.3, 0.4) is 0 Å². The minimum absolute atomic E-state index is 0.767. The molecule has 0 fully saturated rings. The van der Waals surface area contributed by atoms with Crippen molar-refractivity contribution in [3.05, 3.63) is 29.8 Å². The number of nitrogen functional groups attached to an aromatic ring is 1. The van der Waals surface area contributed by atoms with Gasteiger partial charge in [-0.3, -0.25) is 0 Å². The van der Waals surface area contributed by atoms with Gasteiger partial charge in [0.25, 0.3) is 0 Å². The second-order valence-corrected chi connectivity index (χ2v) is 4.80. The lowest BCUT2D eigenvalue weighted by Crippen LogP contribution is -2.05. The largest absolute Gasteiger partial charge is 0.399 e. The Kier molecular flexibility index (Phi) is 4.67. The Labute approximate surface area is 93.7 Å². The van der Waals surface area contributed by atoms with Gasteiger partial charge in [0.2, 0.25) is 0 Å². The molecule has 15 heavy (non-hydrogen) atoms. The molecule has 0 aromatic heterocycles. The molecule has 1 aromatic rings. The first-order valence-electron chi connectivity index (χ1n) is 5.96. The summed E-state index contributed by atoms with van der Waals surface area (Å²) in [5.74, 6) is 1.61. The second-order valence-electron chi connectivity index (χ2n) is 4.80. The fraction of sp³-hybridized carbons (Fsp3) is 0.571. The lowest BCUT2D eigenvalue weighted by atomic mass is 9.90. The van der Waals surface area contributed by atoms with Crippen molar-refractivity contribution >= 4 is 5.69 Å². The van der Waals surface area contributed by atoms with Crippen molar-refractivity contribution in [1.82, 2.24) is 0 Å². The molecule has 2 N–H and O–H groups in total. The molecule has 0 heterocycles. The zero-order valence-electron chi connectivity index (χ0n) is 10.2. The molecule has 0 saturated heterocycles. The van der Waals surface area contributed by atoms with Gasteiger partial charge in [-0.2, -0.15) is 0 Å². The molecule has 0 spiro atoms. The molecule has 0 aliphatic heterocycles. The van der Waals surface area contributed by atoms with E-state index < -0.39 is 0 Å². The van der Waals surface area contributed by atoms with Crippen LogP contribution in [-0.2, 0) is 6.42 Å². The topological polar surface area (TPSA) is 26.0 Å². The number of nitrogens with two attached hydrogens (primary N) is 1. The van der Waals surface area contributed by atoms with Crippen LogP contribution in [0.15, 0.2) is 24.3 Å². The average Bonchev–Trinajstić information content (AvgIpc) is 2.21. The third-order valence-corrected chi connectivity index (χ3v) is 3.07. The predicted octanol–water partition coefficient (Wildman–Crippen LogP) is 3.88. The van der Waals surface area contributed by atoms with E-state index in [9.17, 15) is 0 Å². The Bertz CT molecular complexity index is 276. The van der Waals surface area contributed by atoms with Crippen molar-refractivity contribution in [1.29, 1.82) is 0 Å². The molecule has 2 atom stereocenters. The highest BCUT2D eigenvalue weighted by Crippen LogP contribution is 2.19. The lowest BCUT2D eigenvalue weighted by molar-refractivity contribution is 0.404. The van der Waals surface area contributed by atoms with E-state index in [1.807, 2.05) is 12.1 Å². The maximum Gasteiger partial charge on any atom is 0.0314 e. The maximum absolute atomic E-state index is 5.66. The van der Waals surface area contributed by atoms with Crippen molar-refractivity contribution in [2.75, 3.05) is 5.73 Å².